The quantitative estimate of drug-likeness (QED) is 0.697. The van der Waals surface area contributed by atoms with Crippen LogP contribution in [0.15, 0.2) is 55.4 Å². The SMILES string of the molecule is C=CCN1CCc2c(c3cc(Cl)ccc3n2C(CO)c2cccnc2)C1. The van der Waals surface area contributed by atoms with Crippen molar-refractivity contribution >= 4 is 22.5 Å². The Bertz CT molecular complexity index is 935. The van der Waals surface area contributed by atoms with Crippen LogP contribution in [0.4, 0.5) is 0 Å². The number of aliphatic hydroxyl groups excluding tert-OH is 1. The van der Waals surface area contributed by atoms with Crippen LogP contribution in [0.2, 0.25) is 5.02 Å². The second kappa shape index (κ2) is 7.23. The second-order valence-electron chi connectivity index (χ2n) is 6.72. The average molecular weight is 368 g/mol. The van der Waals surface area contributed by atoms with E-state index in [2.05, 4.69) is 27.1 Å². The van der Waals surface area contributed by atoms with Gasteiger partial charge in [-0.1, -0.05) is 23.7 Å². The van der Waals surface area contributed by atoms with E-state index < -0.39 is 0 Å². The zero-order chi connectivity index (χ0) is 18.1. The number of rotatable bonds is 5. The highest BCUT2D eigenvalue weighted by Gasteiger charge is 2.27. The molecule has 2 aromatic heterocycles. The lowest BCUT2D eigenvalue weighted by Gasteiger charge is -2.29. The molecule has 4 rings (SSSR count). The predicted octanol–water partition coefficient (Wildman–Crippen LogP) is 3.82. The average Bonchev–Trinajstić information content (AvgIpc) is 2.97. The molecule has 1 unspecified atom stereocenters. The first-order valence-electron chi connectivity index (χ1n) is 8.88. The van der Waals surface area contributed by atoms with Gasteiger partial charge in [-0.15, -0.1) is 6.58 Å². The molecule has 0 bridgehead atoms. The molecule has 0 fully saturated rings. The summed E-state index contributed by atoms with van der Waals surface area (Å²) in [5, 5.41) is 12.1. The molecule has 3 heterocycles. The number of benzene rings is 1. The van der Waals surface area contributed by atoms with Crippen molar-refractivity contribution in [3.63, 3.8) is 0 Å². The standard InChI is InChI=1S/C21H22ClN3O/c1-2-9-24-10-7-20-18(13-24)17-11-16(22)5-6-19(17)25(20)21(14-26)15-4-3-8-23-12-15/h2-6,8,11-12,21,26H,1,7,9-10,13-14H2. The van der Waals surface area contributed by atoms with Crippen molar-refractivity contribution in [2.45, 2.75) is 19.0 Å². The van der Waals surface area contributed by atoms with E-state index in [0.717, 1.165) is 42.2 Å². The summed E-state index contributed by atoms with van der Waals surface area (Å²) in [7, 11) is 0. The highest BCUT2D eigenvalue weighted by molar-refractivity contribution is 6.31. The third-order valence-electron chi connectivity index (χ3n) is 5.17. The molecule has 1 aliphatic heterocycles. The molecule has 4 nitrogen and oxygen atoms in total. The third-order valence-corrected chi connectivity index (χ3v) is 5.41. The van der Waals surface area contributed by atoms with Crippen LogP contribution < -0.4 is 0 Å². The van der Waals surface area contributed by atoms with E-state index in [-0.39, 0.29) is 12.6 Å². The highest BCUT2D eigenvalue weighted by atomic mass is 35.5. The maximum absolute atomic E-state index is 10.2. The Morgan fingerprint density at radius 2 is 2.23 bits per heavy atom. The van der Waals surface area contributed by atoms with Crippen molar-refractivity contribution in [3.8, 4) is 0 Å². The highest BCUT2D eigenvalue weighted by Crippen LogP contribution is 2.36. The van der Waals surface area contributed by atoms with Crippen LogP contribution in [0.25, 0.3) is 10.9 Å². The van der Waals surface area contributed by atoms with E-state index >= 15 is 0 Å². The number of aromatic nitrogens is 2. The van der Waals surface area contributed by atoms with Crippen molar-refractivity contribution < 1.29 is 5.11 Å². The van der Waals surface area contributed by atoms with Crippen molar-refractivity contribution in [3.05, 3.63) is 77.2 Å². The van der Waals surface area contributed by atoms with E-state index in [0.29, 0.717) is 0 Å². The lowest BCUT2D eigenvalue weighted by atomic mass is 10.0. The van der Waals surface area contributed by atoms with Crippen molar-refractivity contribution in [2.75, 3.05) is 19.7 Å². The van der Waals surface area contributed by atoms with E-state index in [1.807, 2.05) is 36.5 Å². The minimum atomic E-state index is -0.151. The molecule has 3 aromatic rings. The molecule has 0 amide bonds. The van der Waals surface area contributed by atoms with Gasteiger partial charge in [-0.05, 0) is 35.4 Å². The number of pyridine rings is 1. The largest absolute Gasteiger partial charge is 0.394 e. The first-order valence-corrected chi connectivity index (χ1v) is 9.26. The molecule has 1 aromatic carbocycles. The van der Waals surface area contributed by atoms with Crippen molar-refractivity contribution in [2.24, 2.45) is 0 Å². The van der Waals surface area contributed by atoms with Gasteiger partial charge in [-0.25, -0.2) is 0 Å². The van der Waals surface area contributed by atoms with Gasteiger partial charge in [0.2, 0.25) is 0 Å². The van der Waals surface area contributed by atoms with Crippen molar-refractivity contribution in [1.29, 1.82) is 0 Å². The van der Waals surface area contributed by atoms with Gasteiger partial charge >= 0.3 is 0 Å². The topological polar surface area (TPSA) is 41.3 Å². The van der Waals surface area contributed by atoms with Crippen LogP contribution in [0, 0.1) is 0 Å². The van der Waals surface area contributed by atoms with Crippen LogP contribution in [-0.2, 0) is 13.0 Å². The number of fused-ring (bicyclic) bond motifs is 3. The monoisotopic (exact) mass is 367 g/mol. The minimum Gasteiger partial charge on any atom is -0.394 e. The Labute approximate surface area is 158 Å². The summed E-state index contributed by atoms with van der Waals surface area (Å²) in [6, 6.07) is 9.81. The van der Waals surface area contributed by atoms with Gasteiger partial charge in [0.25, 0.3) is 0 Å². The van der Waals surface area contributed by atoms with Gasteiger partial charge in [-0.2, -0.15) is 0 Å². The van der Waals surface area contributed by atoms with Crippen LogP contribution in [0.3, 0.4) is 0 Å². The van der Waals surface area contributed by atoms with Gasteiger partial charge in [0.1, 0.15) is 0 Å². The maximum Gasteiger partial charge on any atom is 0.0834 e. The van der Waals surface area contributed by atoms with Gasteiger partial charge < -0.3 is 9.67 Å². The Morgan fingerprint density at radius 1 is 1.35 bits per heavy atom. The van der Waals surface area contributed by atoms with Crippen LogP contribution in [0.1, 0.15) is 22.9 Å². The molecular weight excluding hydrogens is 346 g/mol. The molecule has 134 valence electrons. The Kier molecular flexibility index (Phi) is 4.81. The molecule has 0 aliphatic carbocycles. The van der Waals surface area contributed by atoms with Crippen LogP contribution >= 0.6 is 11.6 Å². The third kappa shape index (κ3) is 2.94. The normalized spacial score (nSPS) is 15.8. The first-order chi connectivity index (χ1) is 12.7. The lowest BCUT2D eigenvalue weighted by molar-refractivity contribution is 0.242. The maximum atomic E-state index is 10.2. The number of hydrogen-bond donors (Lipinski definition) is 1. The first kappa shape index (κ1) is 17.3. The molecule has 5 heteroatoms. The summed E-state index contributed by atoms with van der Waals surface area (Å²) in [6.45, 7) is 6.62. The van der Waals surface area contributed by atoms with E-state index in [4.69, 9.17) is 11.6 Å². The van der Waals surface area contributed by atoms with Gasteiger partial charge in [0.15, 0.2) is 0 Å². The molecule has 0 saturated heterocycles. The fourth-order valence-corrected chi connectivity index (χ4v) is 4.20. The molecule has 0 radical (unpaired) electrons. The number of hydrogen-bond acceptors (Lipinski definition) is 3. The summed E-state index contributed by atoms with van der Waals surface area (Å²) in [6.07, 6.45) is 6.48. The van der Waals surface area contributed by atoms with E-state index in [9.17, 15) is 5.11 Å². The van der Waals surface area contributed by atoms with Gasteiger partial charge in [0.05, 0.1) is 12.6 Å². The Balaban J connectivity index is 1.91. The fourth-order valence-electron chi connectivity index (χ4n) is 4.02. The second-order valence-corrected chi connectivity index (χ2v) is 7.15. The predicted molar refractivity (Wildman–Crippen MR) is 106 cm³/mol. The lowest BCUT2D eigenvalue weighted by Crippen LogP contribution is -2.32. The summed E-state index contributed by atoms with van der Waals surface area (Å²) in [5.74, 6) is 0. The molecule has 1 N–H and O–H groups in total. The van der Waals surface area contributed by atoms with E-state index in [1.54, 1.807) is 6.20 Å². The molecule has 26 heavy (non-hydrogen) atoms. The summed E-state index contributed by atoms with van der Waals surface area (Å²) >= 11 is 6.30. The van der Waals surface area contributed by atoms with Crippen LogP contribution in [-0.4, -0.2) is 39.3 Å². The summed E-state index contributed by atoms with van der Waals surface area (Å²) in [5.41, 5.74) is 4.71. The zero-order valence-electron chi connectivity index (χ0n) is 14.6. The smallest absolute Gasteiger partial charge is 0.0834 e. The van der Waals surface area contributed by atoms with E-state index in [1.165, 1.54) is 16.6 Å². The zero-order valence-corrected chi connectivity index (χ0v) is 15.4. The molecule has 1 atom stereocenters. The Morgan fingerprint density at radius 3 is 2.96 bits per heavy atom. The van der Waals surface area contributed by atoms with Crippen molar-refractivity contribution in [1.82, 2.24) is 14.5 Å². The summed E-state index contributed by atoms with van der Waals surface area (Å²) < 4.78 is 2.28. The minimum absolute atomic E-state index is 0.0287. The number of nitrogens with zero attached hydrogens (tertiary/aromatic N) is 3. The fraction of sp³-hybridized carbons (Fsp3) is 0.286. The molecular formula is C21H22ClN3O. The van der Waals surface area contributed by atoms with Crippen LogP contribution in [0.5, 0.6) is 0 Å². The molecule has 0 spiro atoms. The summed E-state index contributed by atoms with van der Waals surface area (Å²) in [4.78, 5) is 6.63. The number of aliphatic hydroxyl groups is 1. The molecule has 1 aliphatic rings. The molecule has 0 saturated carbocycles. The number of halogens is 1. The van der Waals surface area contributed by atoms with Gasteiger partial charge in [-0.3, -0.25) is 9.88 Å². The van der Waals surface area contributed by atoms with Gasteiger partial charge in [0, 0.05) is 60.1 Å². The Hall–Kier alpha value is -2.14.